The van der Waals surface area contributed by atoms with Crippen molar-refractivity contribution in [1.29, 1.82) is 0 Å². The Bertz CT molecular complexity index is 1560. The number of carbonyl (C=O) groups is 2. The molecule has 2 aromatic heterocycles. The van der Waals surface area contributed by atoms with E-state index in [-0.39, 0.29) is 12.3 Å². The van der Waals surface area contributed by atoms with E-state index in [2.05, 4.69) is 40.0 Å². The van der Waals surface area contributed by atoms with E-state index in [4.69, 9.17) is 16.6 Å². The number of aryl methyl sites for hydroxylation is 1. The molecule has 0 aliphatic heterocycles. The smallest absolute Gasteiger partial charge is 0.325 e. The number of fused-ring (bicyclic) bond motifs is 1. The largest absolute Gasteiger partial charge is 0.326 e. The fourth-order valence-corrected chi connectivity index (χ4v) is 5.46. The van der Waals surface area contributed by atoms with Crippen LogP contribution in [0.25, 0.3) is 20.8 Å². The van der Waals surface area contributed by atoms with Gasteiger partial charge >= 0.3 is 6.03 Å². The van der Waals surface area contributed by atoms with Crippen LogP contribution in [0, 0.1) is 6.92 Å². The van der Waals surface area contributed by atoms with Gasteiger partial charge in [0.15, 0.2) is 5.13 Å². The average molecular weight is 534 g/mol. The van der Waals surface area contributed by atoms with Crippen LogP contribution in [0.15, 0.2) is 72.1 Å². The van der Waals surface area contributed by atoms with Crippen LogP contribution in [0.3, 0.4) is 0 Å². The molecule has 0 atom stereocenters. The number of amides is 3. The molecule has 0 aliphatic carbocycles. The van der Waals surface area contributed by atoms with Gasteiger partial charge in [0.25, 0.3) is 0 Å². The number of urea groups is 1. The highest BCUT2D eigenvalue weighted by Gasteiger charge is 2.12. The zero-order valence-corrected chi connectivity index (χ0v) is 21.4. The van der Waals surface area contributed by atoms with Crippen molar-refractivity contribution in [1.82, 2.24) is 9.97 Å². The first-order chi connectivity index (χ1) is 17.4. The lowest BCUT2D eigenvalue weighted by atomic mass is 10.2. The topological polar surface area (TPSA) is 96.0 Å². The zero-order chi connectivity index (χ0) is 25.1. The van der Waals surface area contributed by atoms with Gasteiger partial charge in [-0.3, -0.25) is 10.1 Å². The second-order valence-corrected chi connectivity index (χ2v) is 10.4. The maximum atomic E-state index is 12.5. The number of aromatic nitrogens is 2. The first-order valence-corrected chi connectivity index (χ1v) is 13.0. The van der Waals surface area contributed by atoms with E-state index in [9.17, 15) is 9.59 Å². The van der Waals surface area contributed by atoms with E-state index in [1.807, 2.05) is 30.3 Å². The van der Waals surface area contributed by atoms with E-state index in [0.717, 1.165) is 20.8 Å². The van der Waals surface area contributed by atoms with Gasteiger partial charge in [0.2, 0.25) is 5.91 Å². The molecule has 0 radical (unpaired) electrons. The summed E-state index contributed by atoms with van der Waals surface area (Å²) in [4.78, 5) is 33.7. The number of halogens is 1. The highest BCUT2D eigenvalue weighted by atomic mass is 35.5. The number of rotatable bonds is 6. The van der Waals surface area contributed by atoms with Gasteiger partial charge in [0.1, 0.15) is 5.01 Å². The minimum Gasteiger partial charge on any atom is -0.326 e. The van der Waals surface area contributed by atoms with Crippen LogP contribution in [0.4, 0.5) is 21.3 Å². The molecule has 3 aromatic carbocycles. The number of hydrogen-bond acceptors (Lipinski definition) is 6. The predicted octanol–water partition coefficient (Wildman–Crippen LogP) is 7.21. The Morgan fingerprint density at radius 3 is 2.56 bits per heavy atom. The summed E-state index contributed by atoms with van der Waals surface area (Å²) in [5.41, 5.74) is 5.02. The van der Waals surface area contributed by atoms with Crippen molar-refractivity contribution in [3.8, 4) is 10.6 Å². The molecule has 0 spiro atoms. The molecule has 180 valence electrons. The van der Waals surface area contributed by atoms with Crippen molar-refractivity contribution in [3.05, 3.63) is 88.4 Å². The Morgan fingerprint density at radius 1 is 0.917 bits per heavy atom. The fourth-order valence-electron chi connectivity index (χ4n) is 3.49. The third-order valence-corrected chi connectivity index (χ3v) is 7.26. The highest BCUT2D eigenvalue weighted by Crippen LogP contribution is 2.31. The van der Waals surface area contributed by atoms with Crippen LogP contribution in [-0.2, 0) is 11.2 Å². The van der Waals surface area contributed by atoms with Crippen molar-refractivity contribution in [2.75, 3.05) is 16.0 Å². The number of nitrogens with one attached hydrogen (secondary N) is 3. The Labute approximate surface area is 220 Å². The van der Waals surface area contributed by atoms with Gasteiger partial charge < -0.3 is 10.6 Å². The van der Waals surface area contributed by atoms with Crippen LogP contribution < -0.4 is 16.0 Å². The second kappa shape index (κ2) is 10.4. The Kier molecular flexibility index (Phi) is 6.95. The van der Waals surface area contributed by atoms with Gasteiger partial charge in [-0.05, 0) is 67.1 Å². The van der Waals surface area contributed by atoms with Crippen LogP contribution in [0.2, 0.25) is 5.02 Å². The van der Waals surface area contributed by atoms with Crippen molar-refractivity contribution >= 4 is 72.9 Å². The van der Waals surface area contributed by atoms with Crippen LogP contribution in [-0.4, -0.2) is 21.9 Å². The van der Waals surface area contributed by atoms with Crippen LogP contribution in [0.5, 0.6) is 0 Å². The van der Waals surface area contributed by atoms with Gasteiger partial charge in [-0.15, -0.1) is 22.7 Å². The average Bonchev–Trinajstić information content (AvgIpc) is 3.45. The van der Waals surface area contributed by atoms with Crippen molar-refractivity contribution < 1.29 is 9.59 Å². The summed E-state index contributed by atoms with van der Waals surface area (Å²) in [6.07, 6.45) is 0.0903. The van der Waals surface area contributed by atoms with Gasteiger partial charge in [0.05, 0.1) is 22.3 Å². The maximum Gasteiger partial charge on any atom is 0.325 e. The molecule has 5 aromatic rings. The number of carbonyl (C=O) groups excluding carboxylic acids is 2. The first kappa shape index (κ1) is 23.9. The SMILES string of the molecule is Cc1ccc2nc(-c3ccc(NC(=O)Cc4csc(NC(=O)Nc5cccc(Cl)c5)n4)cc3)sc2c1. The molecule has 36 heavy (non-hydrogen) atoms. The minimum atomic E-state index is -0.439. The Balaban J connectivity index is 1.15. The summed E-state index contributed by atoms with van der Waals surface area (Å²) in [7, 11) is 0. The molecule has 0 saturated carbocycles. The van der Waals surface area contributed by atoms with E-state index in [1.165, 1.54) is 16.9 Å². The van der Waals surface area contributed by atoms with Gasteiger partial charge in [-0.1, -0.05) is 23.7 Å². The van der Waals surface area contributed by atoms with Crippen molar-refractivity contribution in [3.63, 3.8) is 0 Å². The van der Waals surface area contributed by atoms with Gasteiger partial charge in [-0.2, -0.15) is 0 Å². The molecule has 0 aliphatic rings. The number of nitrogens with zero attached hydrogens (tertiary/aromatic N) is 2. The summed E-state index contributed by atoms with van der Waals surface area (Å²) in [6.45, 7) is 2.07. The third kappa shape index (κ3) is 5.88. The molecule has 3 N–H and O–H groups in total. The highest BCUT2D eigenvalue weighted by molar-refractivity contribution is 7.21. The van der Waals surface area contributed by atoms with Gasteiger partial charge in [0, 0.05) is 27.3 Å². The van der Waals surface area contributed by atoms with Crippen LogP contribution in [0.1, 0.15) is 11.3 Å². The Morgan fingerprint density at radius 2 is 1.75 bits per heavy atom. The van der Waals surface area contributed by atoms with Crippen LogP contribution >= 0.6 is 34.3 Å². The maximum absolute atomic E-state index is 12.5. The summed E-state index contributed by atoms with van der Waals surface area (Å²) in [6, 6.07) is 20.2. The number of thiazole rings is 2. The molecule has 0 fully saturated rings. The molecule has 5 rings (SSSR count). The van der Waals surface area contributed by atoms with Gasteiger partial charge in [-0.25, -0.2) is 14.8 Å². The molecule has 2 heterocycles. The molecule has 7 nitrogen and oxygen atoms in total. The standard InChI is InChI=1S/C26H20ClN5O2S2/c1-15-5-10-21-22(11-15)36-24(31-21)16-6-8-18(9-7-16)28-23(33)13-20-14-35-26(30-20)32-25(34)29-19-4-2-3-17(27)12-19/h2-12,14H,13H2,1H3,(H,28,33)(H2,29,30,32,34). The zero-order valence-electron chi connectivity index (χ0n) is 19.0. The van der Waals surface area contributed by atoms with Crippen molar-refractivity contribution in [2.45, 2.75) is 13.3 Å². The lowest BCUT2D eigenvalue weighted by Gasteiger charge is -2.06. The quantitative estimate of drug-likeness (QED) is 0.215. The number of benzene rings is 3. The summed E-state index contributed by atoms with van der Waals surface area (Å²) in [5, 5.41) is 11.8. The second-order valence-electron chi connectivity index (χ2n) is 8.03. The number of anilines is 3. The predicted molar refractivity (Wildman–Crippen MR) is 148 cm³/mol. The lowest BCUT2D eigenvalue weighted by molar-refractivity contribution is -0.115. The summed E-state index contributed by atoms with van der Waals surface area (Å²) >= 11 is 8.83. The lowest BCUT2D eigenvalue weighted by Crippen LogP contribution is -2.19. The molecule has 0 bridgehead atoms. The molecular weight excluding hydrogens is 514 g/mol. The molecular formula is C26H20ClN5O2S2. The van der Waals surface area contributed by atoms with Crippen molar-refractivity contribution in [2.24, 2.45) is 0 Å². The fraction of sp³-hybridized carbons (Fsp3) is 0.0769. The molecule has 0 saturated heterocycles. The minimum absolute atomic E-state index is 0.0903. The molecule has 10 heteroatoms. The third-order valence-electron chi connectivity index (χ3n) is 5.16. The molecule has 0 unspecified atom stereocenters. The monoisotopic (exact) mass is 533 g/mol. The summed E-state index contributed by atoms with van der Waals surface area (Å²) in [5.74, 6) is -0.196. The van der Waals surface area contributed by atoms with E-state index in [1.54, 1.807) is 41.0 Å². The Hall–Kier alpha value is -3.79. The first-order valence-electron chi connectivity index (χ1n) is 11.0. The number of hydrogen-bond donors (Lipinski definition) is 3. The molecule has 3 amide bonds. The van der Waals surface area contributed by atoms with E-state index >= 15 is 0 Å². The van der Waals surface area contributed by atoms with E-state index in [0.29, 0.717) is 27.2 Å². The normalized spacial score (nSPS) is 10.8. The van der Waals surface area contributed by atoms with E-state index < -0.39 is 6.03 Å². The summed E-state index contributed by atoms with van der Waals surface area (Å²) < 4.78 is 1.15.